The second kappa shape index (κ2) is 7.43. The topological polar surface area (TPSA) is 49.3 Å². The monoisotopic (exact) mass is 235 g/mol. The molecule has 1 heterocycles. The largest absolute Gasteiger partial charge is 0.396 e. The van der Waals surface area contributed by atoms with Gasteiger partial charge in [-0.2, -0.15) is 23.5 Å². The van der Waals surface area contributed by atoms with E-state index in [0.29, 0.717) is 18.1 Å². The van der Waals surface area contributed by atoms with Gasteiger partial charge in [-0.05, 0) is 6.42 Å². The van der Waals surface area contributed by atoms with Crippen LogP contribution in [0.25, 0.3) is 0 Å². The maximum Gasteiger partial charge on any atom is 0.220 e. The molecule has 1 atom stereocenters. The molecule has 1 unspecified atom stereocenters. The van der Waals surface area contributed by atoms with Crippen molar-refractivity contribution in [3.8, 4) is 0 Å². The van der Waals surface area contributed by atoms with E-state index in [4.69, 9.17) is 5.11 Å². The molecule has 1 amide bonds. The van der Waals surface area contributed by atoms with Crippen LogP contribution in [0.15, 0.2) is 0 Å². The summed E-state index contributed by atoms with van der Waals surface area (Å²) in [4.78, 5) is 11.2. The summed E-state index contributed by atoms with van der Waals surface area (Å²) in [5.74, 6) is 3.64. The maximum absolute atomic E-state index is 11.2. The summed E-state index contributed by atoms with van der Waals surface area (Å²) in [6, 6.07) is 0. The van der Waals surface area contributed by atoms with Crippen LogP contribution in [0, 0.1) is 0 Å². The molecule has 1 saturated heterocycles. The number of aliphatic hydroxyl groups is 1. The van der Waals surface area contributed by atoms with Gasteiger partial charge in [0.1, 0.15) is 0 Å². The van der Waals surface area contributed by atoms with Crippen LogP contribution < -0.4 is 5.32 Å². The van der Waals surface area contributed by atoms with Crippen molar-refractivity contribution in [2.75, 3.05) is 30.4 Å². The molecule has 0 spiro atoms. The fourth-order valence-corrected chi connectivity index (χ4v) is 3.82. The van der Waals surface area contributed by atoms with Crippen molar-refractivity contribution in [2.24, 2.45) is 0 Å². The highest BCUT2D eigenvalue weighted by Gasteiger charge is 2.14. The lowest BCUT2D eigenvalue weighted by atomic mass is 10.3. The van der Waals surface area contributed by atoms with Gasteiger partial charge in [-0.3, -0.25) is 4.79 Å². The van der Waals surface area contributed by atoms with Gasteiger partial charge in [0.2, 0.25) is 5.91 Å². The van der Waals surface area contributed by atoms with Gasteiger partial charge >= 0.3 is 0 Å². The van der Waals surface area contributed by atoms with Crippen LogP contribution in [0.2, 0.25) is 0 Å². The van der Waals surface area contributed by atoms with Gasteiger partial charge in [-0.15, -0.1) is 0 Å². The Morgan fingerprint density at radius 3 is 3.00 bits per heavy atom. The van der Waals surface area contributed by atoms with Crippen LogP contribution in [-0.4, -0.2) is 46.7 Å². The summed E-state index contributed by atoms with van der Waals surface area (Å²) in [5, 5.41) is 12.0. The zero-order chi connectivity index (χ0) is 10.2. The number of thioether (sulfide) groups is 2. The number of amides is 1. The minimum Gasteiger partial charge on any atom is -0.396 e. The highest BCUT2D eigenvalue weighted by Crippen LogP contribution is 2.23. The summed E-state index contributed by atoms with van der Waals surface area (Å²) >= 11 is 3.90. The lowest BCUT2D eigenvalue weighted by Gasteiger charge is -2.21. The first-order chi connectivity index (χ1) is 6.83. The Morgan fingerprint density at radius 2 is 2.36 bits per heavy atom. The fraction of sp³-hybridized carbons (Fsp3) is 0.889. The van der Waals surface area contributed by atoms with Gasteiger partial charge in [-0.1, -0.05) is 0 Å². The van der Waals surface area contributed by atoms with Crippen molar-refractivity contribution in [3.05, 3.63) is 0 Å². The van der Waals surface area contributed by atoms with E-state index < -0.39 is 0 Å². The molecule has 14 heavy (non-hydrogen) atoms. The van der Waals surface area contributed by atoms with Gasteiger partial charge in [-0.25, -0.2) is 0 Å². The number of rotatable bonds is 5. The Balaban J connectivity index is 2.03. The number of aliphatic hydroxyl groups excluding tert-OH is 1. The van der Waals surface area contributed by atoms with E-state index in [1.165, 1.54) is 11.5 Å². The predicted molar refractivity (Wildman–Crippen MR) is 62.9 cm³/mol. The molecule has 0 aromatic heterocycles. The lowest BCUT2D eigenvalue weighted by Crippen LogP contribution is -2.33. The van der Waals surface area contributed by atoms with E-state index >= 15 is 0 Å². The average molecular weight is 235 g/mol. The summed E-state index contributed by atoms with van der Waals surface area (Å²) in [6.45, 7) is 0.878. The number of hydrogen-bond acceptors (Lipinski definition) is 4. The molecule has 2 N–H and O–H groups in total. The number of carbonyl (C=O) groups excluding carboxylic acids is 1. The Labute approximate surface area is 93.4 Å². The predicted octanol–water partition coefficient (Wildman–Crippen LogP) is 0.724. The third-order valence-electron chi connectivity index (χ3n) is 1.97. The highest BCUT2D eigenvalue weighted by molar-refractivity contribution is 8.06. The van der Waals surface area contributed by atoms with E-state index in [1.807, 2.05) is 23.5 Å². The van der Waals surface area contributed by atoms with Gasteiger partial charge < -0.3 is 10.4 Å². The minimum absolute atomic E-state index is 0.0650. The lowest BCUT2D eigenvalue weighted by molar-refractivity contribution is -0.121. The van der Waals surface area contributed by atoms with Crippen LogP contribution in [0.1, 0.15) is 12.8 Å². The maximum atomic E-state index is 11.2. The third kappa shape index (κ3) is 5.12. The van der Waals surface area contributed by atoms with Crippen molar-refractivity contribution in [2.45, 2.75) is 18.1 Å². The molecule has 0 radical (unpaired) electrons. The zero-order valence-corrected chi connectivity index (χ0v) is 9.83. The molecule has 0 aromatic carbocycles. The molecular formula is C9H17NO2S2. The molecule has 0 bridgehead atoms. The summed E-state index contributed by atoms with van der Waals surface area (Å²) < 4.78 is 0. The SMILES string of the molecule is O=C(CCCO)NCC1CSCCS1. The average Bonchev–Trinajstić information content (AvgIpc) is 2.25. The Kier molecular flexibility index (Phi) is 6.47. The standard InChI is InChI=1S/C9H17NO2S2/c11-3-1-2-9(12)10-6-8-7-13-4-5-14-8/h8,11H,1-7H2,(H,10,12). The number of carbonyl (C=O) groups is 1. The van der Waals surface area contributed by atoms with Crippen LogP contribution in [0.3, 0.4) is 0 Å². The van der Waals surface area contributed by atoms with Gasteiger partial charge in [0.25, 0.3) is 0 Å². The van der Waals surface area contributed by atoms with Crippen molar-refractivity contribution in [1.82, 2.24) is 5.32 Å². The molecule has 3 nitrogen and oxygen atoms in total. The second-order valence-electron chi connectivity index (χ2n) is 3.20. The van der Waals surface area contributed by atoms with E-state index in [9.17, 15) is 4.79 Å². The first-order valence-corrected chi connectivity index (χ1v) is 7.10. The molecule has 1 rings (SSSR count). The van der Waals surface area contributed by atoms with E-state index in [2.05, 4.69) is 5.32 Å². The third-order valence-corrected chi connectivity index (χ3v) is 4.82. The first-order valence-electron chi connectivity index (χ1n) is 4.90. The van der Waals surface area contributed by atoms with Crippen molar-refractivity contribution >= 4 is 29.4 Å². The highest BCUT2D eigenvalue weighted by atomic mass is 32.2. The molecule has 1 aliphatic heterocycles. The smallest absolute Gasteiger partial charge is 0.220 e. The van der Waals surface area contributed by atoms with Crippen LogP contribution >= 0.6 is 23.5 Å². The molecule has 1 aliphatic rings. The Bertz CT molecular complexity index is 172. The fourth-order valence-electron chi connectivity index (χ4n) is 1.21. The molecule has 82 valence electrons. The van der Waals surface area contributed by atoms with Crippen molar-refractivity contribution in [3.63, 3.8) is 0 Å². The quantitative estimate of drug-likeness (QED) is 0.737. The van der Waals surface area contributed by atoms with Crippen LogP contribution in [0.5, 0.6) is 0 Å². The van der Waals surface area contributed by atoms with Crippen LogP contribution in [-0.2, 0) is 4.79 Å². The summed E-state index contributed by atoms with van der Waals surface area (Å²) in [7, 11) is 0. The molecule has 0 saturated carbocycles. The van der Waals surface area contributed by atoms with Gasteiger partial charge in [0.05, 0.1) is 0 Å². The van der Waals surface area contributed by atoms with E-state index in [1.54, 1.807) is 0 Å². The van der Waals surface area contributed by atoms with Crippen molar-refractivity contribution < 1.29 is 9.90 Å². The second-order valence-corrected chi connectivity index (χ2v) is 5.76. The first kappa shape index (κ1) is 12.2. The number of hydrogen-bond donors (Lipinski definition) is 2. The van der Waals surface area contributed by atoms with E-state index in [-0.39, 0.29) is 12.5 Å². The summed E-state index contributed by atoms with van der Waals surface area (Å²) in [6.07, 6.45) is 1.01. The zero-order valence-electron chi connectivity index (χ0n) is 8.20. The molecule has 0 aromatic rings. The van der Waals surface area contributed by atoms with Crippen LogP contribution in [0.4, 0.5) is 0 Å². The minimum atomic E-state index is 0.0650. The van der Waals surface area contributed by atoms with Gasteiger partial charge in [0.15, 0.2) is 0 Å². The Morgan fingerprint density at radius 1 is 1.50 bits per heavy atom. The van der Waals surface area contributed by atoms with Gasteiger partial charge in [0, 0.05) is 42.1 Å². The summed E-state index contributed by atoms with van der Waals surface area (Å²) in [5.41, 5.74) is 0. The molecule has 1 fully saturated rings. The molecule has 5 heteroatoms. The van der Waals surface area contributed by atoms with Crippen molar-refractivity contribution in [1.29, 1.82) is 0 Å². The molecule has 0 aliphatic carbocycles. The Hall–Kier alpha value is 0.130. The van der Waals surface area contributed by atoms with E-state index in [0.717, 1.165) is 12.3 Å². The molecular weight excluding hydrogens is 218 g/mol. The normalized spacial score (nSPS) is 21.9. The number of nitrogens with one attached hydrogen (secondary N) is 1.